The maximum absolute atomic E-state index is 12.7. The Morgan fingerprint density at radius 2 is 2.00 bits per heavy atom. The Kier molecular flexibility index (Phi) is 4.02. The summed E-state index contributed by atoms with van der Waals surface area (Å²) >= 11 is 0. The molecule has 1 aliphatic carbocycles. The van der Waals surface area contributed by atoms with Crippen molar-refractivity contribution in [2.24, 2.45) is 11.8 Å². The first-order chi connectivity index (χ1) is 8.95. The van der Waals surface area contributed by atoms with Crippen LogP contribution in [-0.4, -0.2) is 42.1 Å². The van der Waals surface area contributed by atoms with Crippen LogP contribution >= 0.6 is 0 Å². The maximum atomic E-state index is 12.7. The lowest BCUT2D eigenvalue weighted by Gasteiger charge is -2.36. The average Bonchev–Trinajstić information content (AvgIpc) is 2.95. The summed E-state index contributed by atoms with van der Waals surface area (Å²) < 4.78 is 4.61. The quantitative estimate of drug-likeness (QED) is 0.848. The van der Waals surface area contributed by atoms with Crippen molar-refractivity contribution in [2.45, 2.75) is 58.2 Å². The van der Waals surface area contributed by atoms with Gasteiger partial charge in [-0.15, -0.1) is 0 Å². The predicted molar refractivity (Wildman–Crippen MR) is 71.6 cm³/mol. The molecule has 1 N–H and O–H groups in total. The van der Waals surface area contributed by atoms with Crippen molar-refractivity contribution in [1.82, 2.24) is 10.2 Å². The number of alkyl carbamates (subject to hydrolysis) is 1. The van der Waals surface area contributed by atoms with Crippen LogP contribution in [0.5, 0.6) is 0 Å². The smallest absolute Gasteiger partial charge is 0.407 e. The fourth-order valence-corrected chi connectivity index (χ4v) is 3.48. The molecule has 5 heteroatoms. The molecule has 2 bridgehead atoms. The molecule has 1 saturated carbocycles. The largest absolute Gasteiger partial charge is 0.453 e. The lowest BCUT2D eigenvalue weighted by Crippen LogP contribution is -2.55. The molecule has 2 rings (SSSR count). The average molecular weight is 268 g/mol. The molecule has 0 radical (unpaired) electrons. The van der Waals surface area contributed by atoms with Crippen LogP contribution in [0.3, 0.4) is 0 Å². The first-order valence-electron chi connectivity index (χ1n) is 7.12. The first-order valence-corrected chi connectivity index (χ1v) is 7.12. The lowest BCUT2D eigenvalue weighted by atomic mass is 9.97. The van der Waals surface area contributed by atoms with Crippen molar-refractivity contribution < 1.29 is 14.3 Å². The van der Waals surface area contributed by atoms with Gasteiger partial charge < -0.3 is 15.0 Å². The Balaban J connectivity index is 2.09. The number of rotatable bonds is 3. The van der Waals surface area contributed by atoms with Crippen LogP contribution in [-0.2, 0) is 9.53 Å². The van der Waals surface area contributed by atoms with Crippen LogP contribution in [0.25, 0.3) is 0 Å². The zero-order valence-electron chi connectivity index (χ0n) is 12.2. The highest BCUT2D eigenvalue weighted by atomic mass is 16.5. The molecule has 0 spiro atoms. The van der Waals surface area contributed by atoms with Crippen LogP contribution < -0.4 is 5.32 Å². The highest BCUT2D eigenvalue weighted by molar-refractivity contribution is 5.86. The molecule has 0 aromatic rings. The van der Waals surface area contributed by atoms with Gasteiger partial charge in [-0.05, 0) is 38.0 Å². The van der Waals surface area contributed by atoms with E-state index < -0.39 is 12.1 Å². The van der Waals surface area contributed by atoms with Crippen molar-refractivity contribution >= 4 is 12.0 Å². The number of amides is 2. The number of carbonyl (C=O) groups is 2. The summed E-state index contributed by atoms with van der Waals surface area (Å²) in [5.74, 6) is 0.734. The highest BCUT2D eigenvalue weighted by Crippen LogP contribution is 2.42. The number of carbonyl (C=O) groups excluding carboxylic acids is 2. The summed E-state index contributed by atoms with van der Waals surface area (Å²) in [6, 6.07) is 0.175. The first kappa shape index (κ1) is 14.2. The van der Waals surface area contributed by atoms with Gasteiger partial charge in [-0.2, -0.15) is 0 Å². The Labute approximate surface area is 114 Å². The van der Waals surface area contributed by atoms with Gasteiger partial charge in [0, 0.05) is 12.1 Å². The van der Waals surface area contributed by atoms with Gasteiger partial charge in [0.25, 0.3) is 0 Å². The van der Waals surface area contributed by atoms with E-state index in [1.807, 2.05) is 18.7 Å². The van der Waals surface area contributed by atoms with Gasteiger partial charge in [-0.25, -0.2) is 4.79 Å². The van der Waals surface area contributed by atoms with Crippen LogP contribution in [0.1, 0.15) is 40.0 Å². The standard InChI is InChI=1S/C14H24N2O3/c1-8(2)12(15-14(18)19-4)13(17)16-9(3)10-5-6-11(16)7-10/h8-12H,5-7H2,1-4H3,(H,15,18)/t9?,10?,11?,12-/m0/s1. The van der Waals surface area contributed by atoms with E-state index in [0.29, 0.717) is 18.0 Å². The third kappa shape index (κ3) is 2.55. The predicted octanol–water partition coefficient (Wildman–Crippen LogP) is 1.77. The third-order valence-electron chi connectivity index (χ3n) is 4.61. The van der Waals surface area contributed by atoms with E-state index in [4.69, 9.17) is 0 Å². The molecular formula is C14H24N2O3. The number of hydrogen-bond donors (Lipinski definition) is 1. The van der Waals surface area contributed by atoms with Crippen LogP contribution in [0.2, 0.25) is 0 Å². The van der Waals surface area contributed by atoms with Gasteiger partial charge in [0.2, 0.25) is 5.91 Å². The van der Waals surface area contributed by atoms with Crippen LogP contribution in [0, 0.1) is 11.8 Å². The van der Waals surface area contributed by atoms with Crippen molar-refractivity contribution in [2.75, 3.05) is 7.11 Å². The molecule has 108 valence electrons. The molecule has 1 saturated heterocycles. The Bertz CT molecular complexity index is 368. The van der Waals surface area contributed by atoms with Gasteiger partial charge >= 0.3 is 6.09 Å². The molecule has 0 aromatic carbocycles. The maximum Gasteiger partial charge on any atom is 0.407 e. The number of fused-ring (bicyclic) bond motifs is 2. The molecule has 2 amide bonds. The van der Waals surface area contributed by atoms with Crippen molar-refractivity contribution in [3.8, 4) is 0 Å². The normalized spacial score (nSPS) is 30.6. The number of methoxy groups -OCH3 is 1. The summed E-state index contributed by atoms with van der Waals surface area (Å²) in [6.45, 7) is 6.01. The molecule has 2 aliphatic rings. The molecule has 2 fully saturated rings. The third-order valence-corrected chi connectivity index (χ3v) is 4.61. The zero-order valence-corrected chi connectivity index (χ0v) is 12.2. The monoisotopic (exact) mass is 268 g/mol. The fraction of sp³-hybridized carbons (Fsp3) is 0.857. The molecule has 19 heavy (non-hydrogen) atoms. The second-order valence-corrected chi connectivity index (χ2v) is 6.07. The summed E-state index contributed by atoms with van der Waals surface area (Å²) in [7, 11) is 1.32. The Morgan fingerprint density at radius 1 is 1.32 bits per heavy atom. The molecule has 0 aromatic heterocycles. The van der Waals surface area contributed by atoms with E-state index in [-0.39, 0.29) is 11.8 Å². The van der Waals surface area contributed by atoms with Crippen LogP contribution in [0.15, 0.2) is 0 Å². The summed E-state index contributed by atoms with van der Waals surface area (Å²) in [5, 5.41) is 2.67. The Morgan fingerprint density at radius 3 is 2.47 bits per heavy atom. The fourth-order valence-electron chi connectivity index (χ4n) is 3.48. The molecule has 1 aliphatic heterocycles. The summed E-state index contributed by atoms with van der Waals surface area (Å²) in [5.41, 5.74) is 0. The second-order valence-electron chi connectivity index (χ2n) is 6.07. The van der Waals surface area contributed by atoms with Crippen LogP contribution in [0.4, 0.5) is 4.79 Å². The van der Waals surface area contributed by atoms with E-state index in [0.717, 1.165) is 12.8 Å². The van der Waals surface area contributed by atoms with E-state index in [2.05, 4.69) is 17.0 Å². The van der Waals surface area contributed by atoms with E-state index in [9.17, 15) is 9.59 Å². The number of likely N-dealkylation sites (tertiary alicyclic amines) is 1. The molecular weight excluding hydrogens is 244 g/mol. The van der Waals surface area contributed by atoms with Gasteiger partial charge in [-0.1, -0.05) is 13.8 Å². The lowest BCUT2D eigenvalue weighted by molar-refractivity contribution is -0.138. The number of nitrogens with one attached hydrogen (secondary N) is 1. The minimum atomic E-state index is -0.538. The topological polar surface area (TPSA) is 58.6 Å². The molecule has 1 heterocycles. The van der Waals surface area contributed by atoms with Gasteiger partial charge in [0.15, 0.2) is 0 Å². The number of hydrogen-bond acceptors (Lipinski definition) is 3. The second kappa shape index (κ2) is 5.39. The minimum absolute atomic E-state index is 0.0418. The number of nitrogens with zero attached hydrogens (tertiary/aromatic N) is 1. The molecule has 4 atom stereocenters. The van der Waals surface area contributed by atoms with E-state index in [1.54, 1.807) is 0 Å². The van der Waals surface area contributed by atoms with Crippen molar-refractivity contribution in [3.05, 3.63) is 0 Å². The summed E-state index contributed by atoms with van der Waals surface area (Å²) in [4.78, 5) is 26.1. The minimum Gasteiger partial charge on any atom is -0.453 e. The summed E-state index contributed by atoms with van der Waals surface area (Å²) in [6.07, 6.45) is 2.91. The zero-order chi connectivity index (χ0) is 14.2. The van der Waals surface area contributed by atoms with Crippen molar-refractivity contribution in [1.29, 1.82) is 0 Å². The number of ether oxygens (including phenoxy) is 1. The molecule has 3 unspecified atom stereocenters. The highest BCUT2D eigenvalue weighted by Gasteiger charge is 2.47. The van der Waals surface area contributed by atoms with E-state index in [1.165, 1.54) is 13.5 Å². The van der Waals surface area contributed by atoms with Gasteiger partial charge in [0.1, 0.15) is 6.04 Å². The number of piperidine rings is 1. The molecule has 5 nitrogen and oxygen atoms in total. The van der Waals surface area contributed by atoms with Gasteiger partial charge in [0.05, 0.1) is 7.11 Å². The van der Waals surface area contributed by atoms with E-state index >= 15 is 0 Å². The Hall–Kier alpha value is -1.26. The van der Waals surface area contributed by atoms with Crippen molar-refractivity contribution in [3.63, 3.8) is 0 Å². The van der Waals surface area contributed by atoms with Gasteiger partial charge in [-0.3, -0.25) is 4.79 Å². The SMILES string of the molecule is COC(=O)N[C@H](C(=O)N1C2CCC(C2)C1C)C(C)C.